The van der Waals surface area contributed by atoms with Gasteiger partial charge in [-0.25, -0.2) is 0 Å². The molecule has 0 unspecified atom stereocenters. The number of nitrogens with one attached hydrogen (secondary N) is 2. The average molecular weight is 360 g/mol. The Bertz CT molecular complexity index is 865. The molecule has 0 spiro atoms. The van der Waals surface area contributed by atoms with Crippen LogP contribution in [0.3, 0.4) is 0 Å². The zero-order chi connectivity index (χ0) is 18.0. The van der Waals surface area contributed by atoms with E-state index in [0.717, 1.165) is 12.8 Å². The second-order valence-electron chi connectivity index (χ2n) is 5.70. The maximum atomic E-state index is 12.4. The first-order valence-corrected chi connectivity index (χ1v) is 7.98. The molecule has 128 valence electrons. The zero-order valence-corrected chi connectivity index (χ0v) is 13.7. The van der Waals surface area contributed by atoms with Crippen molar-refractivity contribution in [3.63, 3.8) is 0 Å². The molecule has 2 aromatic rings. The lowest BCUT2D eigenvalue weighted by molar-refractivity contribution is -0.385. The van der Waals surface area contributed by atoms with Gasteiger partial charge >= 0.3 is 0 Å². The highest BCUT2D eigenvalue weighted by Gasteiger charge is 2.24. The third kappa shape index (κ3) is 4.13. The van der Waals surface area contributed by atoms with Crippen molar-refractivity contribution in [3.05, 3.63) is 68.7 Å². The minimum Gasteiger partial charge on any atom is -0.349 e. The lowest BCUT2D eigenvalue weighted by Gasteiger charge is -2.08. The van der Waals surface area contributed by atoms with E-state index < -0.39 is 10.8 Å². The fourth-order valence-corrected chi connectivity index (χ4v) is 2.45. The van der Waals surface area contributed by atoms with E-state index in [1.807, 2.05) is 0 Å². The number of hydrogen-bond donors (Lipinski definition) is 2. The van der Waals surface area contributed by atoms with Crippen molar-refractivity contribution in [1.29, 1.82) is 0 Å². The van der Waals surface area contributed by atoms with Gasteiger partial charge in [-0.2, -0.15) is 0 Å². The van der Waals surface area contributed by atoms with Gasteiger partial charge in [0.1, 0.15) is 5.56 Å². The molecule has 0 saturated heterocycles. The second-order valence-corrected chi connectivity index (χ2v) is 6.14. The van der Waals surface area contributed by atoms with E-state index in [0.29, 0.717) is 11.3 Å². The molecule has 2 N–H and O–H groups in total. The summed E-state index contributed by atoms with van der Waals surface area (Å²) in [6.45, 7) is 0. The van der Waals surface area contributed by atoms with E-state index in [1.54, 1.807) is 18.2 Å². The molecule has 1 aliphatic carbocycles. The standard InChI is InChI=1S/C17H14ClN3O4/c18-11-4-7-15(21(24)25)14(9-11)17(23)20-13-3-1-2-10(8-13)16(22)19-12-5-6-12/h1-4,7-9,12H,5-6H2,(H,19,22)(H,20,23). The van der Waals surface area contributed by atoms with E-state index in [9.17, 15) is 19.7 Å². The van der Waals surface area contributed by atoms with Crippen LogP contribution in [0.1, 0.15) is 33.6 Å². The van der Waals surface area contributed by atoms with Crippen LogP contribution in [0.5, 0.6) is 0 Å². The van der Waals surface area contributed by atoms with E-state index in [4.69, 9.17) is 11.6 Å². The van der Waals surface area contributed by atoms with Gasteiger partial charge in [0.2, 0.25) is 0 Å². The molecule has 0 aromatic heterocycles. The highest BCUT2D eigenvalue weighted by atomic mass is 35.5. The van der Waals surface area contributed by atoms with Crippen LogP contribution in [0.25, 0.3) is 0 Å². The van der Waals surface area contributed by atoms with Gasteiger partial charge in [0.05, 0.1) is 4.92 Å². The minimum absolute atomic E-state index is 0.148. The van der Waals surface area contributed by atoms with Crippen LogP contribution >= 0.6 is 11.6 Å². The maximum Gasteiger partial charge on any atom is 0.282 e. The number of halogens is 1. The normalized spacial score (nSPS) is 13.2. The fourth-order valence-electron chi connectivity index (χ4n) is 2.28. The van der Waals surface area contributed by atoms with Gasteiger partial charge in [-0.1, -0.05) is 17.7 Å². The van der Waals surface area contributed by atoms with Crippen LogP contribution in [-0.2, 0) is 0 Å². The predicted molar refractivity (Wildman–Crippen MR) is 93.0 cm³/mol. The van der Waals surface area contributed by atoms with Crippen LogP contribution in [0.2, 0.25) is 5.02 Å². The molecule has 25 heavy (non-hydrogen) atoms. The summed E-state index contributed by atoms with van der Waals surface area (Å²) in [7, 11) is 0. The van der Waals surface area contributed by atoms with Gasteiger partial charge in [-0.3, -0.25) is 19.7 Å². The molecule has 1 saturated carbocycles. The topological polar surface area (TPSA) is 101 Å². The molecule has 1 fully saturated rings. The number of nitro groups is 1. The second kappa shape index (κ2) is 6.90. The van der Waals surface area contributed by atoms with E-state index in [2.05, 4.69) is 10.6 Å². The Labute approximate surface area is 148 Å². The summed E-state index contributed by atoms with van der Waals surface area (Å²) in [6.07, 6.45) is 1.95. The molecule has 0 aliphatic heterocycles. The molecule has 0 bridgehead atoms. The number of rotatable bonds is 5. The molecular formula is C17H14ClN3O4. The van der Waals surface area contributed by atoms with Crippen molar-refractivity contribution >= 4 is 34.8 Å². The number of benzene rings is 2. The van der Waals surface area contributed by atoms with Gasteiger partial charge in [0.15, 0.2) is 0 Å². The van der Waals surface area contributed by atoms with Crippen molar-refractivity contribution in [1.82, 2.24) is 5.32 Å². The van der Waals surface area contributed by atoms with Crippen LogP contribution in [0, 0.1) is 10.1 Å². The Kier molecular flexibility index (Phi) is 4.67. The molecule has 7 nitrogen and oxygen atoms in total. The number of amides is 2. The molecule has 0 radical (unpaired) electrons. The van der Waals surface area contributed by atoms with Crippen LogP contribution in [-0.4, -0.2) is 22.8 Å². The third-order valence-corrected chi connectivity index (χ3v) is 3.93. The lowest BCUT2D eigenvalue weighted by atomic mass is 10.1. The largest absolute Gasteiger partial charge is 0.349 e. The summed E-state index contributed by atoms with van der Waals surface area (Å²) < 4.78 is 0. The van der Waals surface area contributed by atoms with E-state index in [1.165, 1.54) is 24.3 Å². The van der Waals surface area contributed by atoms with Crippen LogP contribution < -0.4 is 10.6 Å². The SMILES string of the molecule is O=C(NC1CC1)c1cccc(NC(=O)c2cc(Cl)ccc2[N+](=O)[O-])c1. The summed E-state index contributed by atoms with van der Waals surface area (Å²) >= 11 is 5.83. The Morgan fingerprint density at radius 3 is 2.56 bits per heavy atom. The Morgan fingerprint density at radius 2 is 1.88 bits per heavy atom. The lowest BCUT2D eigenvalue weighted by Crippen LogP contribution is -2.25. The van der Waals surface area contributed by atoms with Gasteiger partial charge in [0, 0.05) is 28.4 Å². The number of anilines is 1. The van der Waals surface area contributed by atoms with E-state index in [-0.39, 0.29) is 28.2 Å². The molecular weight excluding hydrogens is 346 g/mol. The summed E-state index contributed by atoms with van der Waals surface area (Å²) in [6, 6.07) is 10.4. The number of carbonyl (C=O) groups is 2. The summed E-state index contributed by atoms with van der Waals surface area (Å²) in [5.74, 6) is -0.888. The monoisotopic (exact) mass is 359 g/mol. The molecule has 2 aromatic carbocycles. The molecule has 2 amide bonds. The van der Waals surface area contributed by atoms with Crippen LogP contribution in [0.4, 0.5) is 11.4 Å². The highest BCUT2D eigenvalue weighted by molar-refractivity contribution is 6.31. The van der Waals surface area contributed by atoms with Gasteiger partial charge in [-0.05, 0) is 43.2 Å². The first-order chi connectivity index (χ1) is 11.9. The van der Waals surface area contributed by atoms with Crippen molar-refractivity contribution in [2.75, 3.05) is 5.32 Å². The molecule has 0 heterocycles. The van der Waals surface area contributed by atoms with Crippen molar-refractivity contribution < 1.29 is 14.5 Å². The third-order valence-electron chi connectivity index (χ3n) is 3.70. The predicted octanol–water partition coefficient (Wildman–Crippen LogP) is 3.39. The van der Waals surface area contributed by atoms with E-state index >= 15 is 0 Å². The van der Waals surface area contributed by atoms with Crippen molar-refractivity contribution in [2.24, 2.45) is 0 Å². The van der Waals surface area contributed by atoms with Crippen molar-refractivity contribution in [3.8, 4) is 0 Å². The summed E-state index contributed by atoms with van der Waals surface area (Å²) in [5, 5.41) is 16.7. The minimum atomic E-state index is -0.672. The molecule has 0 atom stereocenters. The molecule has 8 heteroatoms. The molecule has 3 rings (SSSR count). The van der Waals surface area contributed by atoms with Gasteiger partial charge in [-0.15, -0.1) is 0 Å². The van der Waals surface area contributed by atoms with Crippen molar-refractivity contribution in [2.45, 2.75) is 18.9 Å². The van der Waals surface area contributed by atoms with Crippen LogP contribution in [0.15, 0.2) is 42.5 Å². The quantitative estimate of drug-likeness (QED) is 0.631. The fraction of sp³-hybridized carbons (Fsp3) is 0.176. The Hall–Kier alpha value is -2.93. The number of hydrogen-bond acceptors (Lipinski definition) is 4. The average Bonchev–Trinajstić information content (AvgIpc) is 3.38. The Balaban J connectivity index is 1.80. The summed E-state index contributed by atoms with van der Waals surface area (Å²) in [4.78, 5) is 34.9. The maximum absolute atomic E-state index is 12.4. The summed E-state index contributed by atoms with van der Waals surface area (Å²) in [5.41, 5.74) is 0.280. The first kappa shape index (κ1) is 16.9. The van der Waals surface area contributed by atoms with Gasteiger partial charge in [0.25, 0.3) is 17.5 Å². The Morgan fingerprint density at radius 1 is 1.12 bits per heavy atom. The smallest absolute Gasteiger partial charge is 0.282 e. The number of carbonyl (C=O) groups excluding carboxylic acids is 2. The molecule has 1 aliphatic rings. The van der Waals surface area contributed by atoms with Gasteiger partial charge < -0.3 is 10.6 Å². The first-order valence-electron chi connectivity index (χ1n) is 7.60. The highest BCUT2D eigenvalue weighted by Crippen LogP contribution is 2.24. The zero-order valence-electron chi connectivity index (χ0n) is 13.0. The number of nitro benzene ring substituents is 1. The number of nitrogens with zero attached hydrogens (tertiary/aromatic N) is 1.